The molecule has 0 aromatic carbocycles. The molecule has 13 heavy (non-hydrogen) atoms. The van der Waals surface area contributed by atoms with Crippen molar-refractivity contribution in [3.8, 4) is 0 Å². The van der Waals surface area contributed by atoms with Crippen molar-refractivity contribution in [1.82, 2.24) is 4.90 Å². The zero-order chi connectivity index (χ0) is 9.47. The number of hydrogen-bond donors (Lipinski definition) is 0. The molecule has 2 fully saturated rings. The van der Waals surface area contributed by atoms with Gasteiger partial charge >= 0.3 is 0 Å². The summed E-state index contributed by atoms with van der Waals surface area (Å²) in [7, 11) is 0. The summed E-state index contributed by atoms with van der Waals surface area (Å²) in [5.74, 6) is 0. The highest BCUT2D eigenvalue weighted by molar-refractivity contribution is 5.00. The largest absolute Gasteiger partial charge is 0.361 e. The van der Waals surface area contributed by atoms with E-state index in [-0.39, 0.29) is 0 Å². The van der Waals surface area contributed by atoms with E-state index in [4.69, 9.17) is 4.74 Å². The van der Waals surface area contributed by atoms with Crippen LogP contribution >= 0.6 is 0 Å². The second kappa shape index (κ2) is 3.25. The molecule has 1 unspecified atom stereocenters. The lowest BCUT2D eigenvalue weighted by Gasteiger charge is -2.38. The summed E-state index contributed by atoms with van der Waals surface area (Å²) in [5.41, 5.74) is 0.410. The molecule has 2 rings (SSSR count). The molecule has 1 saturated carbocycles. The third kappa shape index (κ3) is 1.40. The molecule has 1 aliphatic heterocycles. The normalized spacial score (nSPS) is 33.7. The van der Waals surface area contributed by atoms with Gasteiger partial charge in [0.15, 0.2) is 0 Å². The number of hydrogen-bond acceptors (Lipinski definition) is 2. The van der Waals surface area contributed by atoms with Gasteiger partial charge in [-0.1, -0.05) is 12.8 Å². The molecule has 0 aromatic rings. The molecule has 2 heteroatoms. The van der Waals surface area contributed by atoms with Crippen LogP contribution in [0.4, 0.5) is 0 Å². The van der Waals surface area contributed by atoms with Crippen molar-refractivity contribution in [2.24, 2.45) is 0 Å². The zero-order valence-electron chi connectivity index (χ0n) is 9.05. The Labute approximate surface area is 81.3 Å². The molecule has 0 amide bonds. The molecule has 0 bridgehead atoms. The van der Waals surface area contributed by atoms with Gasteiger partial charge in [0, 0.05) is 11.6 Å². The van der Waals surface area contributed by atoms with Gasteiger partial charge in [-0.3, -0.25) is 4.90 Å². The molecule has 1 saturated heterocycles. The highest BCUT2D eigenvalue weighted by Crippen LogP contribution is 2.42. The molecule has 1 atom stereocenters. The van der Waals surface area contributed by atoms with Crippen LogP contribution < -0.4 is 0 Å². The summed E-state index contributed by atoms with van der Waals surface area (Å²) >= 11 is 0. The molecule has 1 heterocycles. The van der Waals surface area contributed by atoms with Crippen LogP contribution in [-0.4, -0.2) is 29.3 Å². The van der Waals surface area contributed by atoms with Crippen LogP contribution in [0.25, 0.3) is 0 Å². The van der Waals surface area contributed by atoms with Crippen LogP contribution in [0, 0.1) is 0 Å². The third-order valence-electron chi connectivity index (χ3n) is 3.62. The average Bonchev–Trinajstić information content (AvgIpc) is 2.61. The van der Waals surface area contributed by atoms with Crippen LogP contribution in [0.1, 0.15) is 46.5 Å². The topological polar surface area (TPSA) is 12.5 Å². The summed E-state index contributed by atoms with van der Waals surface area (Å²) in [5, 5.41) is 0. The van der Waals surface area contributed by atoms with Gasteiger partial charge in [-0.05, 0) is 33.6 Å². The standard InChI is InChI=1S/C11H21NO/c1-9(2)12-10(3)13-8-11(12)6-4-5-7-11/h9-10H,4-8H2,1-3H3. The Bertz CT molecular complexity index is 185. The molecule has 1 spiro atoms. The van der Waals surface area contributed by atoms with Crippen molar-refractivity contribution < 1.29 is 4.74 Å². The summed E-state index contributed by atoms with van der Waals surface area (Å²) in [6.07, 6.45) is 5.79. The molecule has 0 N–H and O–H groups in total. The third-order valence-corrected chi connectivity index (χ3v) is 3.62. The minimum atomic E-state index is 0.332. The minimum absolute atomic E-state index is 0.332. The summed E-state index contributed by atoms with van der Waals surface area (Å²) in [6, 6.07) is 0.621. The molecule has 1 aliphatic carbocycles. The summed E-state index contributed by atoms with van der Waals surface area (Å²) < 4.78 is 5.79. The summed E-state index contributed by atoms with van der Waals surface area (Å²) in [6.45, 7) is 7.72. The smallest absolute Gasteiger partial charge is 0.108 e. The van der Waals surface area contributed by atoms with E-state index in [1.54, 1.807) is 0 Å². The van der Waals surface area contributed by atoms with Gasteiger partial charge in [0.05, 0.1) is 6.61 Å². The van der Waals surface area contributed by atoms with E-state index in [0.29, 0.717) is 17.8 Å². The highest BCUT2D eigenvalue weighted by Gasteiger charge is 2.48. The van der Waals surface area contributed by atoms with Gasteiger partial charge in [-0.15, -0.1) is 0 Å². The van der Waals surface area contributed by atoms with E-state index in [2.05, 4.69) is 25.7 Å². The lowest BCUT2D eigenvalue weighted by atomic mass is 9.96. The summed E-state index contributed by atoms with van der Waals surface area (Å²) in [4.78, 5) is 2.58. The Hall–Kier alpha value is -0.0800. The first kappa shape index (κ1) is 9.47. The van der Waals surface area contributed by atoms with E-state index in [9.17, 15) is 0 Å². The van der Waals surface area contributed by atoms with Crippen molar-refractivity contribution in [2.45, 2.75) is 64.3 Å². The SMILES string of the molecule is CC(C)N1C(C)OCC12CCCC2. The van der Waals surface area contributed by atoms with Crippen molar-refractivity contribution in [2.75, 3.05) is 6.61 Å². The molecule has 2 nitrogen and oxygen atoms in total. The van der Waals surface area contributed by atoms with Gasteiger partial charge < -0.3 is 4.74 Å². The Morgan fingerprint density at radius 1 is 1.31 bits per heavy atom. The maximum absolute atomic E-state index is 5.79. The molecule has 76 valence electrons. The second-order valence-electron chi connectivity index (χ2n) is 4.84. The van der Waals surface area contributed by atoms with Crippen LogP contribution in [0.5, 0.6) is 0 Å². The van der Waals surface area contributed by atoms with Gasteiger partial charge in [-0.25, -0.2) is 0 Å². The van der Waals surface area contributed by atoms with Crippen LogP contribution in [0.3, 0.4) is 0 Å². The fourth-order valence-corrected chi connectivity index (χ4v) is 3.22. The van der Waals surface area contributed by atoms with Crippen LogP contribution in [0.15, 0.2) is 0 Å². The fraction of sp³-hybridized carbons (Fsp3) is 1.00. The van der Waals surface area contributed by atoms with Crippen molar-refractivity contribution in [3.05, 3.63) is 0 Å². The maximum Gasteiger partial charge on any atom is 0.108 e. The predicted octanol–water partition coefficient (Wildman–Crippen LogP) is 2.39. The Morgan fingerprint density at radius 3 is 2.46 bits per heavy atom. The predicted molar refractivity (Wildman–Crippen MR) is 53.6 cm³/mol. The fourth-order valence-electron chi connectivity index (χ4n) is 3.22. The second-order valence-corrected chi connectivity index (χ2v) is 4.84. The number of rotatable bonds is 1. The van der Waals surface area contributed by atoms with E-state index >= 15 is 0 Å². The average molecular weight is 183 g/mol. The molecular weight excluding hydrogens is 162 g/mol. The van der Waals surface area contributed by atoms with Gasteiger partial charge in [0.25, 0.3) is 0 Å². The first-order valence-electron chi connectivity index (χ1n) is 5.56. The van der Waals surface area contributed by atoms with E-state index < -0.39 is 0 Å². The quantitative estimate of drug-likeness (QED) is 0.619. The Morgan fingerprint density at radius 2 is 1.92 bits per heavy atom. The first-order chi connectivity index (χ1) is 6.16. The van der Waals surface area contributed by atoms with Crippen molar-refractivity contribution in [1.29, 1.82) is 0 Å². The van der Waals surface area contributed by atoms with E-state index in [1.165, 1.54) is 25.7 Å². The zero-order valence-corrected chi connectivity index (χ0v) is 9.05. The van der Waals surface area contributed by atoms with Gasteiger partial charge in [0.1, 0.15) is 6.23 Å². The number of ether oxygens (including phenoxy) is 1. The van der Waals surface area contributed by atoms with E-state index in [0.717, 1.165) is 6.61 Å². The lowest BCUT2D eigenvalue weighted by molar-refractivity contribution is 0.0157. The molecular formula is C11H21NO. The molecule has 2 aliphatic rings. The minimum Gasteiger partial charge on any atom is -0.361 e. The van der Waals surface area contributed by atoms with E-state index in [1.807, 2.05) is 0 Å². The molecule has 0 aromatic heterocycles. The first-order valence-corrected chi connectivity index (χ1v) is 5.56. The molecule has 0 radical (unpaired) electrons. The van der Waals surface area contributed by atoms with Crippen molar-refractivity contribution in [3.63, 3.8) is 0 Å². The van der Waals surface area contributed by atoms with Crippen LogP contribution in [0.2, 0.25) is 0 Å². The monoisotopic (exact) mass is 183 g/mol. The Kier molecular flexibility index (Phi) is 2.37. The van der Waals surface area contributed by atoms with Crippen LogP contribution in [-0.2, 0) is 4.74 Å². The van der Waals surface area contributed by atoms with Gasteiger partial charge in [-0.2, -0.15) is 0 Å². The highest BCUT2D eigenvalue weighted by atomic mass is 16.5. The van der Waals surface area contributed by atoms with Crippen molar-refractivity contribution >= 4 is 0 Å². The lowest BCUT2D eigenvalue weighted by Crippen LogP contribution is -2.49. The Balaban J connectivity index is 2.18. The van der Waals surface area contributed by atoms with Gasteiger partial charge in [0.2, 0.25) is 0 Å². The maximum atomic E-state index is 5.79. The number of nitrogens with zero attached hydrogens (tertiary/aromatic N) is 1.